The van der Waals surface area contributed by atoms with Crippen LogP contribution in [-0.2, 0) is 20.1 Å². The van der Waals surface area contributed by atoms with Crippen molar-refractivity contribution in [2.75, 3.05) is 0 Å². The summed E-state index contributed by atoms with van der Waals surface area (Å²) >= 11 is 0. The summed E-state index contributed by atoms with van der Waals surface area (Å²) in [4.78, 5) is 9.04. The smallest absolute Gasteiger partial charge is 0.120 e. The maximum absolute atomic E-state index is 6.34. The number of para-hydroxylation sites is 1. The molecule has 0 aliphatic heterocycles. The van der Waals surface area contributed by atoms with E-state index >= 15 is 0 Å². The summed E-state index contributed by atoms with van der Waals surface area (Å²) in [6, 6.07) is 31.3. The van der Waals surface area contributed by atoms with E-state index < -0.39 is 8.07 Å². The summed E-state index contributed by atoms with van der Waals surface area (Å²) in [5.41, 5.74) is 9.56. The number of fused-ring (bicyclic) bond motifs is 3. The van der Waals surface area contributed by atoms with Gasteiger partial charge in [-0.05, 0) is 48.8 Å². The van der Waals surface area contributed by atoms with Gasteiger partial charge in [0.2, 0.25) is 0 Å². The van der Waals surface area contributed by atoms with Gasteiger partial charge in [-0.2, -0.15) is 0 Å². The van der Waals surface area contributed by atoms with Gasteiger partial charge >= 0.3 is 0 Å². The van der Waals surface area contributed by atoms with Crippen LogP contribution in [0, 0.1) is 26.0 Å². The predicted molar refractivity (Wildman–Crippen MR) is 171 cm³/mol. The van der Waals surface area contributed by atoms with Crippen LogP contribution in [0.5, 0.6) is 0 Å². The van der Waals surface area contributed by atoms with Gasteiger partial charge in [0.1, 0.15) is 5.58 Å². The number of benzene rings is 3. The van der Waals surface area contributed by atoms with Crippen LogP contribution in [-0.4, -0.2) is 18.0 Å². The van der Waals surface area contributed by atoms with E-state index in [4.69, 9.17) is 9.40 Å². The number of aryl methyl sites for hydroxylation is 2. The van der Waals surface area contributed by atoms with E-state index in [1.165, 1.54) is 32.6 Å². The Morgan fingerprint density at radius 1 is 0.854 bits per heavy atom. The second-order valence-corrected chi connectivity index (χ2v) is 16.7. The number of nitrogens with zero attached hydrogens (tertiary/aromatic N) is 2. The Labute approximate surface area is 258 Å². The summed E-state index contributed by atoms with van der Waals surface area (Å²) < 4.78 is 6.34. The van der Waals surface area contributed by atoms with Gasteiger partial charge in [-0.15, -0.1) is 53.2 Å². The fourth-order valence-corrected chi connectivity index (χ4v) is 6.60. The van der Waals surface area contributed by atoms with Crippen LogP contribution >= 0.6 is 0 Å². The average molecular weight is 733 g/mol. The van der Waals surface area contributed by atoms with E-state index in [1.807, 2.05) is 54.9 Å². The number of hydrogen-bond acceptors (Lipinski definition) is 3. The molecule has 1 radical (unpaired) electrons. The third-order valence-corrected chi connectivity index (χ3v) is 9.20. The number of aromatic nitrogens is 2. The van der Waals surface area contributed by atoms with Crippen molar-refractivity contribution < 1.29 is 24.5 Å². The van der Waals surface area contributed by atoms with Crippen LogP contribution in [0.4, 0.5) is 0 Å². The van der Waals surface area contributed by atoms with Gasteiger partial charge < -0.3 is 14.4 Å². The molecule has 0 saturated heterocycles. The first kappa shape index (κ1) is 30.6. The van der Waals surface area contributed by atoms with Gasteiger partial charge in [0.15, 0.2) is 0 Å². The molecule has 41 heavy (non-hydrogen) atoms. The number of hydrogen-bond donors (Lipinski definition) is 0. The zero-order chi connectivity index (χ0) is 28.4. The van der Waals surface area contributed by atoms with Crippen molar-refractivity contribution in [2.45, 2.75) is 53.3 Å². The Balaban J connectivity index is 0.000000233. The third kappa shape index (κ3) is 6.59. The first-order valence-electron chi connectivity index (χ1n) is 13.9. The van der Waals surface area contributed by atoms with Crippen molar-refractivity contribution in [1.82, 2.24) is 9.97 Å². The van der Waals surface area contributed by atoms with Crippen LogP contribution in [0.25, 0.3) is 44.5 Å². The maximum atomic E-state index is 6.34. The van der Waals surface area contributed by atoms with E-state index in [0.717, 1.165) is 33.7 Å². The largest absolute Gasteiger partial charge is 0.501 e. The van der Waals surface area contributed by atoms with Crippen LogP contribution in [0.3, 0.4) is 0 Å². The molecule has 0 saturated carbocycles. The van der Waals surface area contributed by atoms with E-state index in [2.05, 4.69) is 94.8 Å². The second kappa shape index (κ2) is 12.6. The van der Waals surface area contributed by atoms with Crippen LogP contribution in [0.1, 0.15) is 36.5 Å². The minimum Gasteiger partial charge on any atom is -0.501 e. The first-order valence-corrected chi connectivity index (χ1v) is 17.4. The molecule has 0 fully saturated rings. The molecule has 6 rings (SSSR count). The fourth-order valence-electron chi connectivity index (χ4n) is 5.10. The maximum Gasteiger partial charge on any atom is 0.120 e. The predicted octanol–water partition coefficient (Wildman–Crippen LogP) is 9.28. The van der Waals surface area contributed by atoms with Gasteiger partial charge in [-0.3, -0.25) is 0 Å². The normalized spacial score (nSPS) is 11.3. The second-order valence-electron chi connectivity index (χ2n) is 11.7. The first-order chi connectivity index (χ1) is 19.1. The van der Waals surface area contributed by atoms with Crippen LogP contribution in [0.2, 0.25) is 19.6 Å². The summed E-state index contributed by atoms with van der Waals surface area (Å²) in [6.07, 6.45) is 3.83. The van der Waals surface area contributed by atoms with Gasteiger partial charge in [0.25, 0.3) is 0 Å². The summed E-state index contributed by atoms with van der Waals surface area (Å²) in [5, 5.41) is 3.82. The topological polar surface area (TPSA) is 38.9 Å². The minimum atomic E-state index is -1.55. The number of rotatable bonds is 4. The molecule has 3 heterocycles. The van der Waals surface area contributed by atoms with E-state index in [0.29, 0.717) is 5.92 Å². The Kier molecular flexibility index (Phi) is 9.43. The summed E-state index contributed by atoms with van der Waals surface area (Å²) in [5.74, 6) is 0.469. The molecule has 3 aromatic carbocycles. The van der Waals surface area contributed by atoms with Crippen molar-refractivity contribution in [3.05, 3.63) is 114 Å². The van der Waals surface area contributed by atoms with Gasteiger partial charge in [0, 0.05) is 46.0 Å². The molecule has 0 bridgehead atoms. The molecule has 0 N–H and O–H groups in total. The van der Waals surface area contributed by atoms with Crippen molar-refractivity contribution in [1.29, 1.82) is 0 Å². The molecule has 0 unspecified atom stereocenters. The molecule has 5 heteroatoms. The molecule has 211 valence electrons. The zero-order valence-electron chi connectivity index (χ0n) is 24.8. The Morgan fingerprint density at radius 2 is 1.61 bits per heavy atom. The Bertz CT molecular complexity index is 1790. The quantitative estimate of drug-likeness (QED) is 0.134. The molecule has 3 aromatic heterocycles. The molecular formula is C36H36IrN2OSi-2. The van der Waals surface area contributed by atoms with Crippen LogP contribution < -0.4 is 5.19 Å². The molecule has 0 aliphatic carbocycles. The van der Waals surface area contributed by atoms with Gasteiger partial charge in [-0.1, -0.05) is 85.9 Å². The van der Waals surface area contributed by atoms with Crippen LogP contribution in [0.15, 0.2) is 89.6 Å². The molecule has 0 spiro atoms. The molecule has 6 aromatic rings. The van der Waals surface area contributed by atoms with Crippen molar-refractivity contribution in [2.24, 2.45) is 0 Å². The molecule has 0 aliphatic rings. The Hall–Kier alpha value is -3.37. The van der Waals surface area contributed by atoms with Gasteiger partial charge in [0.05, 0.1) is 5.58 Å². The molecule has 0 atom stereocenters. The van der Waals surface area contributed by atoms with E-state index in [9.17, 15) is 0 Å². The Morgan fingerprint density at radius 3 is 2.27 bits per heavy atom. The third-order valence-electron chi connectivity index (χ3n) is 7.19. The molecule has 0 amide bonds. The number of furan rings is 1. The van der Waals surface area contributed by atoms with E-state index in [-0.39, 0.29) is 20.1 Å². The SMILES string of the molecule is Cc1cc(-c2[c-]cc([Si](C)(C)C)c3c2oc2ccccc23)ncc1C(C)C.Cc1ccnc(-c2[c-]cccc2)c1.[Ir]. The standard InChI is InChI=1S/C24H26NOSi.C12H10N.Ir/c1-15(2)19-14-25-20(13-16(19)3)17-11-12-22(27(4,5)6)23-18-9-7-8-10-21(18)26-24(17)23;1-10-7-8-13-12(9-10)11-5-3-2-4-6-11;/h7-10,12-15H,1-6H3;2-5,7-9H,1H3;/q2*-1;. The van der Waals surface area contributed by atoms with E-state index in [1.54, 1.807) is 0 Å². The molecule has 3 nitrogen and oxygen atoms in total. The van der Waals surface area contributed by atoms with Crippen molar-refractivity contribution in [3.8, 4) is 22.5 Å². The molecular weight excluding hydrogens is 697 g/mol. The monoisotopic (exact) mass is 733 g/mol. The van der Waals surface area contributed by atoms with Gasteiger partial charge in [-0.25, -0.2) is 0 Å². The zero-order valence-corrected chi connectivity index (χ0v) is 28.2. The average Bonchev–Trinajstić information content (AvgIpc) is 3.32. The fraction of sp³-hybridized carbons (Fsp3) is 0.222. The minimum absolute atomic E-state index is 0. The van der Waals surface area contributed by atoms with Crippen molar-refractivity contribution in [3.63, 3.8) is 0 Å². The summed E-state index contributed by atoms with van der Waals surface area (Å²) in [6.45, 7) is 15.7. The number of pyridine rings is 2. The van der Waals surface area contributed by atoms with Crippen molar-refractivity contribution >= 4 is 35.2 Å². The summed E-state index contributed by atoms with van der Waals surface area (Å²) in [7, 11) is -1.55.